The number of carbonyl (C=O) groups excluding carboxylic acids is 1. The van der Waals surface area contributed by atoms with Crippen LogP contribution in [0.5, 0.6) is 5.75 Å². The zero-order chi connectivity index (χ0) is 13.2. The Balaban J connectivity index is 2.39. The monoisotopic (exact) mass is 248 g/mol. The molecule has 0 unspecified atom stereocenters. The van der Waals surface area contributed by atoms with Gasteiger partial charge in [-0.3, -0.25) is 0 Å². The summed E-state index contributed by atoms with van der Waals surface area (Å²) >= 11 is 0. The first-order chi connectivity index (χ1) is 8.76. The fourth-order valence-corrected chi connectivity index (χ4v) is 1.31. The molecular weight excluding hydrogens is 228 g/mol. The molecule has 0 radical (unpaired) electrons. The average molecular weight is 248 g/mol. The van der Waals surface area contributed by atoms with Crippen molar-refractivity contribution in [1.29, 1.82) is 0 Å². The summed E-state index contributed by atoms with van der Waals surface area (Å²) in [6, 6.07) is 7.08. The topological polar surface area (TPSA) is 50.4 Å². The van der Waals surface area contributed by atoms with Crippen molar-refractivity contribution in [3.8, 4) is 5.75 Å². The van der Waals surface area contributed by atoms with E-state index in [2.05, 4.69) is 24.1 Å². The second-order valence-electron chi connectivity index (χ2n) is 3.85. The van der Waals surface area contributed by atoms with Gasteiger partial charge in [-0.15, -0.1) is 6.58 Å². The van der Waals surface area contributed by atoms with Gasteiger partial charge in [0, 0.05) is 12.2 Å². The van der Waals surface area contributed by atoms with Crippen molar-refractivity contribution < 1.29 is 9.53 Å². The molecule has 0 saturated heterocycles. The number of nitrogens with one attached hydrogen (secondary N) is 2. The molecule has 0 atom stereocenters. The van der Waals surface area contributed by atoms with E-state index in [4.69, 9.17) is 4.74 Å². The average Bonchev–Trinajstić information content (AvgIpc) is 2.39. The first kappa shape index (κ1) is 14.1. The van der Waals surface area contributed by atoms with Crippen LogP contribution in [0.25, 0.3) is 0 Å². The van der Waals surface area contributed by atoms with Gasteiger partial charge in [-0.05, 0) is 30.7 Å². The fourth-order valence-electron chi connectivity index (χ4n) is 1.31. The highest BCUT2D eigenvalue weighted by Crippen LogP contribution is 2.15. The number of ether oxygens (including phenoxy) is 1. The summed E-state index contributed by atoms with van der Waals surface area (Å²) in [6.45, 7) is 6.82. The molecule has 0 aliphatic carbocycles. The maximum Gasteiger partial charge on any atom is 0.319 e. The molecule has 0 aliphatic heterocycles. The van der Waals surface area contributed by atoms with E-state index < -0.39 is 0 Å². The maximum absolute atomic E-state index is 11.4. The largest absolute Gasteiger partial charge is 0.494 e. The van der Waals surface area contributed by atoms with Crippen molar-refractivity contribution in [3.63, 3.8) is 0 Å². The van der Waals surface area contributed by atoms with Crippen LogP contribution in [0.15, 0.2) is 36.9 Å². The molecule has 0 fully saturated rings. The predicted molar refractivity (Wildman–Crippen MR) is 74.1 cm³/mol. The van der Waals surface area contributed by atoms with E-state index in [1.807, 2.05) is 24.3 Å². The Kier molecular flexibility index (Phi) is 6.40. The lowest BCUT2D eigenvalue weighted by Crippen LogP contribution is -2.28. The van der Waals surface area contributed by atoms with Crippen LogP contribution >= 0.6 is 0 Å². The van der Waals surface area contributed by atoms with E-state index in [-0.39, 0.29) is 6.03 Å². The van der Waals surface area contributed by atoms with Gasteiger partial charge in [0.1, 0.15) is 5.75 Å². The number of anilines is 1. The number of carbonyl (C=O) groups is 1. The molecule has 18 heavy (non-hydrogen) atoms. The smallest absolute Gasteiger partial charge is 0.319 e. The summed E-state index contributed by atoms with van der Waals surface area (Å²) < 4.78 is 5.53. The summed E-state index contributed by atoms with van der Waals surface area (Å²) in [5.74, 6) is 0.820. The SMILES string of the molecule is C=CCNC(=O)Nc1ccc(OCCCC)cc1. The van der Waals surface area contributed by atoms with E-state index >= 15 is 0 Å². The minimum absolute atomic E-state index is 0.241. The Morgan fingerprint density at radius 3 is 2.72 bits per heavy atom. The van der Waals surface area contributed by atoms with Gasteiger partial charge < -0.3 is 15.4 Å². The maximum atomic E-state index is 11.4. The van der Waals surface area contributed by atoms with E-state index in [9.17, 15) is 4.79 Å². The van der Waals surface area contributed by atoms with Gasteiger partial charge in [0.05, 0.1) is 6.61 Å². The standard InChI is InChI=1S/C14H20N2O2/c1-3-5-11-18-13-8-6-12(7-9-13)16-14(17)15-10-4-2/h4,6-9H,2-3,5,10-11H2,1H3,(H2,15,16,17). The second kappa shape index (κ2) is 8.17. The summed E-state index contributed by atoms with van der Waals surface area (Å²) in [4.78, 5) is 11.4. The minimum Gasteiger partial charge on any atom is -0.494 e. The molecule has 0 spiro atoms. The van der Waals surface area contributed by atoms with Crippen molar-refractivity contribution in [3.05, 3.63) is 36.9 Å². The molecule has 0 aromatic heterocycles. The lowest BCUT2D eigenvalue weighted by molar-refractivity contribution is 0.253. The highest BCUT2D eigenvalue weighted by atomic mass is 16.5. The zero-order valence-corrected chi connectivity index (χ0v) is 10.7. The van der Waals surface area contributed by atoms with Crippen LogP contribution in [0.1, 0.15) is 19.8 Å². The highest BCUT2D eigenvalue weighted by Gasteiger charge is 2.00. The van der Waals surface area contributed by atoms with Crippen LogP contribution in [-0.4, -0.2) is 19.2 Å². The first-order valence-corrected chi connectivity index (χ1v) is 6.15. The van der Waals surface area contributed by atoms with Crippen LogP contribution in [0, 0.1) is 0 Å². The van der Waals surface area contributed by atoms with Gasteiger partial charge in [0.15, 0.2) is 0 Å². The highest BCUT2D eigenvalue weighted by molar-refractivity contribution is 5.89. The van der Waals surface area contributed by atoms with E-state index in [1.54, 1.807) is 6.08 Å². The first-order valence-electron chi connectivity index (χ1n) is 6.15. The van der Waals surface area contributed by atoms with Gasteiger partial charge in [0.2, 0.25) is 0 Å². The Labute approximate surface area is 108 Å². The van der Waals surface area contributed by atoms with E-state index in [0.717, 1.165) is 30.9 Å². The Hall–Kier alpha value is -1.97. The quantitative estimate of drug-likeness (QED) is 0.575. The zero-order valence-electron chi connectivity index (χ0n) is 10.7. The van der Waals surface area contributed by atoms with Gasteiger partial charge in [-0.1, -0.05) is 19.4 Å². The molecule has 1 aromatic carbocycles. The Bertz CT molecular complexity index is 374. The van der Waals surface area contributed by atoms with Gasteiger partial charge in [0.25, 0.3) is 0 Å². The molecule has 0 saturated carbocycles. The number of hydrogen-bond acceptors (Lipinski definition) is 2. The van der Waals surface area contributed by atoms with Crippen molar-refractivity contribution in [2.45, 2.75) is 19.8 Å². The molecule has 4 heteroatoms. The fraction of sp³-hybridized carbons (Fsp3) is 0.357. The summed E-state index contributed by atoms with van der Waals surface area (Å²) in [6.07, 6.45) is 3.79. The molecule has 2 amide bonds. The minimum atomic E-state index is -0.241. The van der Waals surface area contributed by atoms with Crippen molar-refractivity contribution in [2.75, 3.05) is 18.5 Å². The van der Waals surface area contributed by atoms with E-state index in [1.165, 1.54) is 0 Å². The van der Waals surface area contributed by atoms with Crippen LogP contribution < -0.4 is 15.4 Å². The molecule has 0 aliphatic rings. The van der Waals surface area contributed by atoms with Crippen molar-refractivity contribution >= 4 is 11.7 Å². The molecule has 0 heterocycles. The molecule has 4 nitrogen and oxygen atoms in total. The summed E-state index contributed by atoms with van der Waals surface area (Å²) in [5, 5.41) is 5.36. The number of amides is 2. The summed E-state index contributed by atoms with van der Waals surface area (Å²) in [7, 11) is 0. The lowest BCUT2D eigenvalue weighted by Gasteiger charge is -2.08. The second-order valence-corrected chi connectivity index (χ2v) is 3.85. The van der Waals surface area contributed by atoms with Crippen LogP contribution in [0.3, 0.4) is 0 Å². The third-order valence-corrected chi connectivity index (χ3v) is 2.29. The van der Waals surface area contributed by atoms with E-state index in [0.29, 0.717) is 6.54 Å². The van der Waals surface area contributed by atoms with Crippen LogP contribution in [0.2, 0.25) is 0 Å². The van der Waals surface area contributed by atoms with Crippen LogP contribution in [-0.2, 0) is 0 Å². The molecule has 0 bridgehead atoms. The predicted octanol–water partition coefficient (Wildman–Crippen LogP) is 3.17. The van der Waals surface area contributed by atoms with Crippen molar-refractivity contribution in [1.82, 2.24) is 5.32 Å². The molecule has 98 valence electrons. The van der Waals surface area contributed by atoms with Crippen molar-refractivity contribution in [2.24, 2.45) is 0 Å². The summed E-state index contributed by atoms with van der Waals surface area (Å²) in [5.41, 5.74) is 0.736. The third kappa shape index (κ3) is 5.39. The normalized spacial score (nSPS) is 9.61. The number of hydrogen-bond donors (Lipinski definition) is 2. The number of urea groups is 1. The number of unbranched alkanes of at least 4 members (excludes halogenated alkanes) is 1. The molecule has 1 rings (SSSR count). The Morgan fingerprint density at radius 1 is 1.39 bits per heavy atom. The molecule has 1 aromatic rings. The number of rotatable bonds is 7. The van der Waals surface area contributed by atoms with Gasteiger partial charge >= 0.3 is 6.03 Å². The Morgan fingerprint density at radius 2 is 2.11 bits per heavy atom. The van der Waals surface area contributed by atoms with Crippen LogP contribution in [0.4, 0.5) is 10.5 Å². The third-order valence-electron chi connectivity index (χ3n) is 2.29. The number of benzene rings is 1. The van der Waals surface area contributed by atoms with Gasteiger partial charge in [-0.25, -0.2) is 4.79 Å². The molecule has 2 N–H and O–H groups in total. The van der Waals surface area contributed by atoms with Gasteiger partial charge in [-0.2, -0.15) is 0 Å². The molecular formula is C14H20N2O2. The lowest BCUT2D eigenvalue weighted by atomic mass is 10.3.